The Kier molecular flexibility index (Phi) is 4.43. The van der Waals surface area contributed by atoms with Gasteiger partial charge in [0.2, 0.25) is 0 Å². The quantitative estimate of drug-likeness (QED) is 0.729. The van der Waals surface area contributed by atoms with E-state index in [-0.39, 0.29) is 5.91 Å². The second-order valence-electron chi connectivity index (χ2n) is 4.98. The molecule has 3 rings (SSSR count). The lowest BCUT2D eigenvalue weighted by Crippen LogP contribution is -2.28. The molecule has 0 spiro atoms. The van der Waals surface area contributed by atoms with Gasteiger partial charge in [-0.2, -0.15) is 0 Å². The van der Waals surface area contributed by atoms with Crippen molar-refractivity contribution in [1.29, 1.82) is 0 Å². The topological polar surface area (TPSA) is 69.0 Å². The molecule has 2 aromatic heterocycles. The first-order valence-electron chi connectivity index (χ1n) is 7.07. The number of amides is 1. The number of aromatic nitrogens is 3. The molecule has 118 valence electrons. The third-order valence-corrected chi connectivity index (χ3v) is 3.54. The molecule has 0 aliphatic carbocycles. The molecule has 2 heterocycles. The van der Waals surface area contributed by atoms with E-state index in [0.717, 1.165) is 5.65 Å². The van der Waals surface area contributed by atoms with Crippen molar-refractivity contribution in [2.75, 3.05) is 13.2 Å². The lowest BCUT2D eigenvalue weighted by molar-refractivity contribution is 0.0947. The van der Waals surface area contributed by atoms with Gasteiger partial charge in [-0.05, 0) is 30.3 Å². The summed E-state index contributed by atoms with van der Waals surface area (Å²) in [5.41, 5.74) is 1.91. The third-order valence-electron chi connectivity index (χ3n) is 3.28. The van der Waals surface area contributed by atoms with E-state index in [2.05, 4.69) is 15.3 Å². The smallest absolute Gasteiger partial charge is 0.253 e. The standard InChI is InChI=1S/C16H15ClN4O2/c1-21-10-20-14-8-11(9-19-15(14)21)16(22)18-6-7-23-13-4-2-12(17)3-5-13/h2-5,8-10H,6-7H2,1H3,(H,18,22). The zero-order chi connectivity index (χ0) is 16.2. The Balaban J connectivity index is 1.53. The van der Waals surface area contributed by atoms with Crippen molar-refractivity contribution in [2.45, 2.75) is 0 Å². The first kappa shape index (κ1) is 15.3. The molecule has 0 saturated heterocycles. The zero-order valence-corrected chi connectivity index (χ0v) is 13.2. The van der Waals surface area contributed by atoms with Crippen LogP contribution in [0.1, 0.15) is 10.4 Å². The van der Waals surface area contributed by atoms with Gasteiger partial charge < -0.3 is 14.6 Å². The molecule has 6 nitrogen and oxygen atoms in total. The SMILES string of the molecule is Cn1cnc2cc(C(=O)NCCOc3ccc(Cl)cc3)cnc21. The van der Waals surface area contributed by atoms with Crippen molar-refractivity contribution >= 4 is 28.7 Å². The number of aryl methyl sites for hydroxylation is 1. The Morgan fingerprint density at radius 1 is 1.30 bits per heavy atom. The lowest BCUT2D eigenvalue weighted by atomic mass is 10.2. The number of rotatable bonds is 5. The molecule has 23 heavy (non-hydrogen) atoms. The number of hydrogen-bond donors (Lipinski definition) is 1. The largest absolute Gasteiger partial charge is 0.492 e. The summed E-state index contributed by atoms with van der Waals surface area (Å²) in [5, 5.41) is 3.44. The Labute approximate surface area is 138 Å². The van der Waals surface area contributed by atoms with Gasteiger partial charge in [-0.3, -0.25) is 4.79 Å². The van der Waals surface area contributed by atoms with Gasteiger partial charge in [-0.1, -0.05) is 11.6 Å². The number of hydrogen-bond acceptors (Lipinski definition) is 4. The van der Waals surface area contributed by atoms with Gasteiger partial charge >= 0.3 is 0 Å². The molecule has 0 fully saturated rings. The molecule has 7 heteroatoms. The summed E-state index contributed by atoms with van der Waals surface area (Å²) >= 11 is 5.80. The van der Waals surface area contributed by atoms with E-state index in [9.17, 15) is 4.79 Å². The second-order valence-corrected chi connectivity index (χ2v) is 5.42. The molecule has 1 amide bonds. The Morgan fingerprint density at radius 2 is 2.09 bits per heavy atom. The fourth-order valence-corrected chi connectivity index (χ4v) is 2.23. The third kappa shape index (κ3) is 3.60. The van der Waals surface area contributed by atoms with Crippen molar-refractivity contribution in [3.63, 3.8) is 0 Å². The Morgan fingerprint density at radius 3 is 2.87 bits per heavy atom. The van der Waals surface area contributed by atoms with E-state index >= 15 is 0 Å². The fourth-order valence-electron chi connectivity index (χ4n) is 2.11. The summed E-state index contributed by atoms with van der Waals surface area (Å²) in [4.78, 5) is 20.5. The van der Waals surface area contributed by atoms with Crippen LogP contribution in [0.15, 0.2) is 42.9 Å². The normalized spacial score (nSPS) is 10.7. The zero-order valence-electron chi connectivity index (χ0n) is 12.5. The van der Waals surface area contributed by atoms with Crippen LogP contribution in [0, 0.1) is 0 Å². The average molecular weight is 331 g/mol. The van der Waals surface area contributed by atoms with Crippen LogP contribution >= 0.6 is 11.6 Å². The summed E-state index contributed by atoms with van der Waals surface area (Å²) < 4.78 is 7.32. The van der Waals surface area contributed by atoms with Crippen molar-refractivity contribution < 1.29 is 9.53 Å². The molecule has 0 saturated carbocycles. The number of halogens is 1. The molecule has 1 N–H and O–H groups in total. The molecule has 0 atom stereocenters. The van der Waals surface area contributed by atoms with E-state index in [4.69, 9.17) is 16.3 Å². The number of ether oxygens (including phenoxy) is 1. The van der Waals surface area contributed by atoms with Gasteiger partial charge in [0.1, 0.15) is 17.9 Å². The minimum atomic E-state index is -0.204. The number of imidazole rings is 1. The van der Waals surface area contributed by atoms with Crippen molar-refractivity contribution in [2.24, 2.45) is 7.05 Å². The van der Waals surface area contributed by atoms with Gasteiger partial charge in [-0.15, -0.1) is 0 Å². The molecule has 1 aromatic carbocycles. The molecular weight excluding hydrogens is 316 g/mol. The maximum Gasteiger partial charge on any atom is 0.253 e. The predicted molar refractivity (Wildman–Crippen MR) is 87.8 cm³/mol. The fraction of sp³-hybridized carbons (Fsp3) is 0.188. The Bertz CT molecular complexity index is 830. The number of nitrogens with zero attached hydrogens (tertiary/aromatic N) is 3. The van der Waals surface area contributed by atoms with Crippen LogP contribution < -0.4 is 10.1 Å². The highest BCUT2D eigenvalue weighted by atomic mass is 35.5. The summed E-state index contributed by atoms with van der Waals surface area (Å²) in [7, 11) is 1.86. The van der Waals surface area contributed by atoms with Crippen LogP contribution in [-0.4, -0.2) is 33.6 Å². The molecule has 3 aromatic rings. The predicted octanol–water partition coefficient (Wildman–Crippen LogP) is 2.43. The van der Waals surface area contributed by atoms with Crippen molar-refractivity contribution in [3.05, 3.63) is 53.4 Å². The minimum absolute atomic E-state index is 0.204. The van der Waals surface area contributed by atoms with Crippen LogP contribution in [0.2, 0.25) is 5.02 Å². The summed E-state index contributed by atoms with van der Waals surface area (Å²) in [6.07, 6.45) is 3.21. The number of nitrogens with one attached hydrogen (secondary N) is 1. The van der Waals surface area contributed by atoms with E-state index in [1.165, 1.54) is 0 Å². The van der Waals surface area contributed by atoms with Gasteiger partial charge in [0, 0.05) is 18.3 Å². The monoisotopic (exact) mass is 330 g/mol. The van der Waals surface area contributed by atoms with Crippen LogP contribution in [0.5, 0.6) is 5.75 Å². The first-order valence-corrected chi connectivity index (χ1v) is 7.45. The average Bonchev–Trinajstić information content (AvgIpc) is 2.94. The van der Waals surface area contributed by atoms with Gasteiger partial charge in [-0.25, -0.2) is 9.97 Å². The molecular formula is C16H15ClN4O2. The molecule has 0 aliphatic rings. The second kappa shape index (κ2) is 6.66. The number of benzene rings is 1. The van der Waals surface area contributed by atoms with Gasteiger partial charge in [0.05, 0.1) is 18.4 Å². The molecule has 0 bridgehead atoms. The number of carbonyl (C=O) groups excluding carboxylic acids is 1. The summed E-state index contributed by atoms with van der Waals surface area (Å²) in [5.74, 6) is 0.505. The van der Waals surface area contributed by atoms with Crippen molar-refractivity contribution in [1.82, 2.24) is 19.9 Å². The van der Waals surface area contributed by atoms with Crippen LogP contribution in [0.3, 0.4) is 0 Å². The highest BCUT2D eigenvalue weighted by Gasteiger charge is 2.09. The van der Waals surface area contributed by atoms with Gasteiger partial charge in [0.15, 0.2) is 5.65 Å². The van der Waals surface area contributed by atoms with E-state index in [1.54, 1.807) is 47.4 Å². The van der Waals surface area contributed by atoms with Crippen LogP contribution in [0.25, 0.3) is 11.2 Å². The van der Waals surface area contributed by atoms with Gasteiger partial charge in [0.25, 0.3) is 5.91 Å². The van der Waals surface area contributed by atoms with Crippen LogP contribution in [0.4, 0.5) is 0 Å². The van der Waals surface area contributed by atoms with Crippen molar-refractivity contribution in [3.8, 4) is 5.75 Å². The Hall–Kier alpha value is -2.60. The lowest BCUT2D eigenvalue weighted by Gasteiger charge is -2.08. The van der Waals surface area contributed by atoms with E-state index in [0.29, 0.717) is 35.0 Å². The summed E-state index contributed by atoms with van der Waals surface area (Å²) in [6, 6.07) is 8.79. The maximum atomic E-state index is 12.1. The highest BCUT2D eigenvalue weighted by molar-refractivity contribution is 6.30. The number of pyridine rings is 1. The first-order chi connectivity index (χ1) is 11.1. The van der Waals surface area contributed by atoms with E-state index in [1.807, 2.05) is 7.05 Å². The number of carbonyl (C=O) groups is 1. The van der Waals surface area contributed by atoms with E-state index < -0.39 is 0 Å². The highest BCUT2D eigenvalue weighted by Crippen LogP contribution is 2.15. The maximum absolute atomic E-state index is 12.1. The van der Waals surface area contributed by atoms with Crippen LogP contribution in [-0.2, 0) is 7.05 Å². The number of fused-ring (bicyclic) bond motifs is 1. The minimum Gasteiger partial charge on any atom is -0.492 e. The molecule has 0 radical (unpaired) electrons. The molecule has 0 unspecified atom stereocenters. The molecule has 0 aliphatic heterocycles. The summed E-state index contributed by atoms with van der Waals surface area (Å²) in [6.45, 7) is 0.758.